The van der Waals surface area contributed by atoms with Crippen LogP contribution in [0.4, 0.5) is 8.78 Å². The van der Waals surface area contributed by atoms with Gasteiger partial charge in [-0.1, -0.05) is 55.8 Å². The summed E-state index contributed by atoms with van der Waals surface area (Å²) in [6.07, 6.45) is 2.36. The van der Waals surface area contributed by atoms with Gasteiger partial charge in [0.2, 0.25) is 0 Å². The molecule has 0 aliphatic rings. The minimum atomic E-state index is -0.465. The Balaban J connectivity index is 1.79. The quantitative estimate of drug-likeness (QED) is 0.314. The van der Waals surface area contributed by atoms with Crippen LogP contribution >= 0.6 is 0 Å². The lowest BCUT2D eigenvalue weighted by Gasteiger charge is -2.17. The van der Waals surface area contributed by atoms with Crippen molar-refractivity contribution in [3.63, 3.8) is 0 Å². The highest BCUT2D eigenvalue weighted by Crippen LogP contribution is 2.26. The monoisotopic (exact) mass is 469 g/mol. The van der Waals surface area contributed by atoms with Crippen molar-refractivity contribution >= 4 is 0 Å². The number of aromatic nitrogens is 2. The van der Waals surface area contributed by atoms with Crippen LogP contribution in [0, 0.1) is 29.9 Å². The number of hydrogen-bond donors (Lipinski definition) is 0. The molecule has 0 saturated carbocycles. The maximum atomic E-state index is 15.3. The third-order valence-corrected chi connectivity index (χ3v) is 6.06. The van der Waals surface area contributed by atoms with Crippen LogP contribution in [0.3, 0.4) is 0 Å². The van der Waals surface area contributed by atoms with E-state index in [1.165, 1.54) is 22.8 Å². The highest BCUT2D eigenvalue weighted by Gasteiger charge is 2.18. The van der Waals surface area contributed by atoms with Crippen molar-refractivity contribution in [3.05, 3.63) is 111 Å². The van der Waals surface area contributed by atoms with Gasteiger partial charge in [0.1, 0.15) is 17.5 Å². The third kappa shape index (κ3) is 5.04. The van der Waals surface area contributed by atoms with Crippen LogP contribution < -0.4 is 5.56 Å². The SMILES string of the molecule is CCCCc1nc(C)c(-c2ccc(F)cc2)c(=O)n1Cc1ccc(-c2ccccc2C#N)cc1F. The van der Waals surface area contributed by atoms with E-state index in [2.05, 4.69) is 13.0 Å². The first kappa shape index (κ1) is 24.0. The van der Waals surface area contributed by atoms with Crippen molar-refractivity contribution in [1.29, 1.82) is 5.26 Å². The Morgan fingerprint density at radius 1 is 1.00 bits per heavy atom. The molecule has 0 aliphatic heterocycles. The van der Waals surface area contributed by atoms with E-state index in [1.54, 1.807) is 55.5 Å². The van der Waals surface area contributed by atoms with E-state index in [0.29, 0.717) is 51.3 Å². The Bertz CT molecular complexity index is 1470. The van der Waals surface area contributed by atoms with Gasteiger partial charge in [0.25, 0.3) is 5.56 Å². The molecule has 4 nitrogen and oxygen atoms in total. The first-order valence-corrected chi connectivity index (χ1v) is 11.6. The molecule has 1 heterocycles. The average Bonchev–Trinajstić information content (AvgIpc) is 2.86. The normalized spacial score (nSPS) is 10.8. The zero-order valence-electron chi connectivity index (χ0n) is 19.7. The largest absolute Gasteiger partial charge is 0.292 e. The minimum Gasteiger partial charge on any atom is -0.292 e. The molecule has 35 heavy (non-hydrogen) atoms. The van der Waals surface area contributed by atoms with Gasteiger partial charge >= 0.3 is 0 Å². The summed E-state index contributed by atoms with van der Waals surface area (Å²) in [5.41, 5.74) is 3.28. The standard InChI is InChI=1S/C29H25F2N3O/c1-3-4-9-27-33-19(2)28(20-12-14-24(30)15-13-20)29(35)34(27)18-23-11-10-21(16-26(23)31)25-8-6-5-7-22(25)17-32/h5-8,10-16H,3-4,9,18H2,1-2H3. The molecule has 0 unspecified atom stereocenters. The molecule has 0 atom stereocenters. The summed E-state index contributed by atoms with van der Waals surface area (Å²) in [5, 5.41) is 9.38. The molecule has 0 bridgehead atoms. The minimum absolute atomic E-state index is 0.0192. The number of nitrogens with zero attached hydrogens (tertiary/aromatic N) is 3. The second-order valence-corrected chi connectivity index (χ2v) is 8.45. The van der Waals surface area contributed by atoms with E-state index < -0.39 is 5.82 Å². The summed E-state index contributed by atoms with van der Waals surface area (Å²) in [5.74, 6) is -0.259. The number of nitriles is 1. The van der Waals surface area contributed by atoms with Gasteiger partial charge in [-0.15, -0.1) is 0 Å². The molecule has 6 heteroatoms. The van der Waals surface area contributed by atoms with Gasteiger partial charge in [0.05, 0.1) is 29.4 Å². The van der Waals surface area contributed by atoms with Crippen LogP contribution in [0.5, 0.6) is 0 Å². The maximum Gasteiger partial charge on any atom is 0.261 e. The lowest BCUT2D eigenvalue weighted by Crippen LogP contribution is -2.28. The first-order chi connectivity index (χ1) is 16.9. The second-order valence-electron chi connectivity index (χ2n) is 8.45. The Morgan fingerprint density at radius 3 is 2.40 bits per heavy atom. The highest BCUT2D eigenvalue weighted by molar-refractivity contribution is 5.70. The summed E-state index contributed by atoms with van der Waals surface area (Å²) in [6, 6.07) is 19.7. The molecular formula is C29H25F2N3O. The van der Waals surface area contributed by atoms with Crippen LogP contribution in [0.15, 0.2) is 71.5 Å². The molecule has 0 saturated heterocycles. The molecule has 0 radical (unpaired) electrons. The van der Waals surface area contributed by atoms with Crippen LogP contribution in [0.1, 0.15) is 42.4 Å². The van der Waals surface area contributed by atoms with Crippen molar-refractivity contribution in [2.24, 2.45) is 0 Å². The van der Waals surface area contributed by atoms with Crippen LogP contribution in [0.2, 0.25) is 0 Å². The van der Waals surface area contributed by atoms with Gasteiger partial charge in [0.15, 0.2) is 0 Å². The Hall–Kier alpha value is -4.11. The van der Waals surface area contributed by atoms with E-state index in [1.807, 2.05) is 0 Å². The van der Waals surface area contributed by atoms with Gasteiger partial charge in [-0.2, -0.15) is 5.26 Å². The number of rotatable bonds is 7. The molecule has 3 aromatic carbocycles. The smallest absolute Gasteiger partial charge is 0.261 e. The zero-order valence-corrected chi connectivity index (χ0v) is 19.7. The molecule has 0 amide bonds. The molecular weight excluding hydrogens is 444 g/mol. The summed E-state index contributed by atoms with van der Waals surface area (Å²) < 4.78 is 30.2. The van der Waals surface area contributed by atoms with E-state index >= 15 is 4.39 Å². The van der Waals surface area contributed by atoms with E-state index in [0.717, 1.165) is 12.8 Å². The number of benzene rings is 3. The van der Waals surface area contributed by atoms with Crippen molar-refractivity contribution < 1.29 is 8.78 Å². The van der Waals surface area contributed by atoms with Gasteiger partial charge in [-0.25, -0.2) is 13.8 Å². The first-order valence-electron chi connectivity index (χ1n) is 11.6. The van der Waals surface area contributed by atoms with E-state index in [-0.39, 0.29) is 17.9 Å². The van der Waals surface area contributed by atoms with E-state index in [9.17, 15) is 14.4 Å². The lowest BCUT2D eigenvalue weighted by atomic mass is 9.99. The molecule has 0 N–H and O–H groups in total. The van der Waals surface area contributed by atoms with Gasteiger partial charge in [-0.05, 0) is 54.3 Å². The van der Waals surface area contributed by atoms with Gasteiger partial charge < -0.3 is 0 Å². The van der Waals surface area contributed by atoms with Crippen molar-refractivity contribution in [3.8, 4) is 28.3 Å². The summed E-state index contributed by atoms with van der Waals surface area (Å²) in [6.45, 7) is 3.84. The van der Waals surface area contributed by atoms with Gasteiger partial charge in [0, 0.05) is 12.0 Å². The fourth-order valence-electron chi connectivity index (χ4n) is 4.20. The Kier molecular flexibility index (Phi) is 7.17. The molecule has 0 aliphatic carbocycles. The lowest BCUT2D eigenvalue weighted by molar-refractivity contribution is 0.579. The predicted octanol–water partition coefficient (Wildman–Crippen LogP) is 6.43. The molecule has 176 valence electrons. The topological polar surface area (TPSA) is 58.7 Å². The van der Waals surface area contributed by atoms with E-state index in [4.69, 9.17) is 4.98 Å². The fourth-order valence-corrected chi connectivity index (χ4v) is 4.20. The Labute approximate surface area is 203 Å². The summed E-state index contributed by atoms with van der Waals surface area (Å²) in [7, 11) is 0. The molecule has 1 aromatic heterocycles. The molecule has 4 aromatic rings. The van der Waals surface area contributed by atoms with Crippen molar-refractivity contribution in [2.45, 2.75) is 39.7 Å². The number of hydrogen-bond acceptors (Lipinski definition) is 3. The highest BCUT2D eigenvalue weighted by atomic mass is 19.1. The molecule has 0 fully saturated rings. The van der Waals surface area contributed by atoms with Crippen LogP contribution in [0.25, 0.3) is 22.3 Å². The maximum absolute atomic E-state index is 15.3. The second kappa shape index (κ2) is 10.4. The van der Waals surface area contributed by atoms with Crippen LogP contribution in [-0.4, -0.2) is 9.55 Å². The van der Waals surface area contributed by atoms with Crippen molar-refractivity contribution in [1.82, 2.24) is 9.55 Å². The van der Waals surface area contributed by atoms with Gasteiger partial charge in [-0.3, -0.25) is 9.36 Å². The third-order valence-electron chi connectivity index (χ3n) is 6.06. The number of halogens is 2. The summed E-state index contributed by atoms with van der Waals surface area (Å²) in [4.78, 5) is 18.3. The average molecular weight is 470 g/mol. The van der Waals surface area contributed by atoms with Crippen LogP contribution in [-0.2, 0) is 13.0 Å². The molecule has 4 rings (SSSR count). The number of aryl methyl sites for hydroxylation is 2. The zero-order chi connectivity index (χ0) is 24.9. The Morgan fingerprint density at radius 2 is 1.71 bits per heavy atom. The molecule has 0 spiro atoms. The summed E-state index contributed by atoms with van der Waals surface area (Å²) >= 11 is 0. The predicted molar refractivity (Wildman–Crippen MR) is 133 cm³/mol. The van der Waals surface area contributed by atoms with Crippen molar-refractivity contribution in [2.75, 3.05) is 0 Å². The number of unbranched alkanes of at least 4 members (excludes halogenated alkanes) is 1. The fraction of sp³-hybridized carbons (Fsp3) is 0.207.